The number of amides is 1. The van der Waals surface area contributed by atoms with Gasteiger partial charge in [0.05, 0.1) is 0 Å². The van der Waals surface area contributed by atoms with Crippen LogP contribution in [0.25, 0.3) is 0 Å². The minimum absolute atomic E-state index is 0.325. The highest BCUT2D eigenvalue weighted by Gasteiger charge is 2.93. The molecule has 0 bridgehead atoms. The number of ether oxygens (including phenoxy) is 2. The van der Waals surface area contributed by atoms with Gasteiger partial charge < -0.3 is 91.4 Å². The van der Waals surface area contributed by atoms with E-state index in [0.717, 1.165) is 0 Å². The zero-order chi connectivity index (χ0) is 27.2. The molecular formula is C16H21NO18. The van der Waals surface area contributed by atoms with Crippen molar-refractivity contribution in [1.29, 1.82) is 0 Å². The van der Waals surface area contributed by atoms with Crippen molar-refractivity contribution in [1.82, 2.24) is 5.32 Å². The predicted molar refractivity (Wildman–Crippen MR) is 96.1 cm³/mol. The van der Waals surface area contributed by atoms with E-state index in [-0.39, 0.29) is 6.54 Å². The van der Waals surface area contributed by atoms with Crippen molar-refractivity contribution < 1.29 is 90.9 Å². The van der Waals surface area contributed by atoms with Crippen LogP contribution in [0.4, 0.5) is 0 Å². The van der Waals surface area contributed by atoms with Crippen molar-refractivity contribution in [3.63, 3.8) is 0 Å². The van der Waals surface area contributed by atoms with Gasteiger partial charge in [-0.3, -0.25) is 4.79 Å². The number of benzene rings is 1. The third-order valence-electron chi connectivity index (χ3n) is 5.65. The summed E-state index contributed by atoms with van der Waals surface area (Å²) in [6, 6.07) is 0. The molecular weight excluding hydrogens is 494 g/mol. The second-order valence-corrected chi connectivity index (χ2v) is 7.93. The maximum Gasteiger partial charge on any atom is 0.453 e. The van der Waals surface area contributed by atoms with E-state index < -0.39 is 87.7 Å². The molecule has 2 aliphatic rings. The first-order chi connectivity index (χ1) is 15.5. The molecule has 1 saturated heterocycles. The van der Waals surface area contributed by atoms with Crippen LogP contribution in [0.15, 0.2) is 0 Å². The highest BCUT2D eigenvalue weighted by atomic mass is 16.9. The highest BCUT2D eigenvalue weighted by Crippen LogP contribution is 2.60. The summed E-state index contributed by atoms with van der Waals surface area (Å²) >= 11 is 0. The van der Waals surface area contributed by atoms with Crippen LogP contribution >= 0.6 is 0 Å². The molecule has 0 aromatic heterocycles. The summed E-state index contributed by atoms with van der Waals surface area (Å²) in [5.74, 6) is -34.5. The van der Waals surface area contributed by atoms with E-state index >= 15 is 0 Å². The molecule has 0 radical (unpaired) electrons. The van der Waals surface area contributed by atoms with E-state index in [4.69, 9.17) is 15.3 Å². The lowest BCUT2D eigenvalue weighted by Gasteiger charge is -2.39. The van der Waals surface area contributed by atoms with Crippen molar-refractivity contribution in [2.24, 2.45) is 0 Å². The van der Waals surface area contributed by atoms with Crippen molar-refractivity contribution in [3.8, 4) is 28.7 Å². The summed E-state index contributed by atoms with van der Waals surface area (Å²) in [5.41, 5.74) is -0.842. The summed E-state index contributed by atoms with van der Waals surface area (Å²) in [5, 5.41) is 150. The maximum atomic E-state index is 11.5. The molecule has 1 aromatic rings. The monoisotopic (exact) mass is 515 g/mol. The van der Waals surface area contributed by atoms with Gasteiger partial charge in [-0.1, -0.05) is 0 Å². The van der Waals surface area contributed by atoms with Crippen LogP contribution < -0.4 is 14.8 Å². The highest BCUT2D eigenvalue weighted by molar-refractivity contribution is 5.81. The third-order valence-corrected chi connectivity index (χ3v) is 5.65. The van der Waals surface area contributed by atoms with Crippen LogP contribution in [0.5, 0.6) is 28.7 Å². The molecule has 198 valence electrons. The molecule has 2 fully saturated rings. The van der Waals surface area contributed by atoms with Gasteiger partial charge in [-0.05, 0) is 0 Å². The maximum absolute atomic E-state index is 11.5. The Morgan fingerprint density at radius 3 is 1.63 bits per heavy atom. The summed E-state index contributed by atoms with van der Waals surface area (Å²) in [6.07, 6.45) is -4.76. The van der Waals surface area contributed by atoms with Crippen molar-refractivity contribution in [3.05, 3.63) is 5.56 Å². The van der Waals surface area contributed by atoms with Crippen LogP contribution in [0.2, 0.25) is 0 Å². The second kappa shape index (κ2) is 7.36. The number of hydrogen-bond donors (Lipinski definition) is 16. The molecule has 1 unspecified atom stereocenters. The van der Waals surface area contributed by atoms with Crippen LogP contribution in [0.3, 0.4) is 0 Å². The number of aliphatic hydroxyl groups is 12. The fraction of sp³-hybridized carbons (Fsp3) is 0.562. The lowest BCUT2D eigenvalue weighted by Crippen LogP contribution is -2.70. The molecule has 1 saturated carbocycles. The lowest BCUT2D eigenvalue weighted by molar-refractivity contribution is -0.452. The number of carbonyl (C=O) groups excluding carboxylic acids is 1. The average molecular weight is 515 g/mol. The SMILES string of the molecule is O=C1CC(c2c(O)c(O)c(OC(O)(O)O)c(OC3(O)C(O)(O)C(O)(O)C(O)(O)C3(O)O)c2O)CN1. The van der Waals surface area contributed by atoms with Gasteiger partial charge in [-0.25, -0.2) is 0 Å². The van der Waals surface area contributed by atoms with Crippen LogP contribution in [0, 0.1) is 0 Å². The fourth-order valence-corrected chi connectivity index (χ4v) is 3.70. The van der Waals surface area contributed by atoms with Gasteiger partial charge >= 0.3 is 11.9 Å². The molecule has 3 rings (SSSR count). The first kappa shape index (κ1) is 26.8. The number of phenolic OH excluding ortho intramolecular Hbond substituents is 3. The Bertz CT molecular complexity index is 1030. The first-order valence-electron chi connectivity index (χ1n) is 9.19. The number of phenols is 3. The summed E-state index contributed by atoms with van der Waals surface area (Å²) in [4.78, 5) is 11.5. The van der Waals surface area contributed by atoms with E-state index in [0.29, 0.717) is 0 Å². The molecule has 1 aromatic carbocycles. The van der Waals surface area contributed by atoms with E-state index in [9.17, 15) is 66.1 Å². The minimum Gasteiger partial charge on any atom is -0.504 e. The average Bonchev–Trinajstić information content (AvgIpc) is 3.14. The Labute approximate surface area is 191 Å². The minimum atomic E-state index is -4.91. The smallest absolute Gasteiger partial charge is 0.453 e. The standard InChI is InChI=1S/C16H21NO18/c18-4-1-3(2-17-4)5-6(19)8(21)10(35-16(31,32)33)9(7(5)20)34-15(30)13(26,27)11(22,23)12(24,25)14(15,28)29/h3,19-33H,1-2H2,(H,17,18). The molecule has 1 heterocycles. The van der Waals surface area contributed by atoms with Gasteiger partial charge in [0.25, 0.3) is 23.1 Å². The Morgan fingerprint density at radius 1 is 0.743 bits per heavy atom. The molecule has 35 heavy (non-hydrogen) atoms. The Morgan fingerprint density at radius 2 is 1.23 bits per heavy atom. The molecule has 19 heteroatoms. The summed E-state index contributed by atoms with van der Waals surface area (Å²) in [7, 11) is 0. The molecule has 1 aliphatic heterocycles. The molecule has 19 nitrogen and oxygen atoms in total. The molecule has 1 aliphatic carbocycles. The number of hydrogen-bond acceptors (Lipinski definition) is 18. The Kier molecular flexibility index (Phi) is 5.64. The number of rotatable bonds is 5. The lowest BCUT2D eigenvalue weighted by atomic mass is 9.94. The molecule has 0 spiro atoms. The zero-order valence-corrected chi connectivity index (χ0v) is 16.9. The predicted octanol–water partition coefficient (Wildman–Crippen LogP) is -7.82. The molecule has 1 atom stereocenters. The van der Waals surface area contributed by atoms with Gasteiger partial charge in [0, 0.05) is 24.4 Å². The van der Waals surface area contributed by atoms with E-state index in [1.165, 1.54) is 0 Å². The summed E-state index contributed by atoms with van der Waals surface area (Å²) in [6.45, 7) is -0.325. The Hall–Kier alpha value is -2.79. The normalized spacial score (nSPS) is 25.8. The van der Waals surface area contributed by atoms with Gasteiger partial charge in [0.2, 0.25) is 23.2 Å². The molecule has 16 N–H and O–H groups in total. The van der Waals surface area contributed by atoms with E-state index in [1.54, 1.807) is 0 Å². The fourth-order valence-electron chi connectivity index (χ4n) is 3.70. The van der Waals surface area contributed by atoms with Crippen LogP contribution in [0.1, 0.15) is 17.9 Å². The molecule has 1 amide bonds. The van der Waals surface area contributed by atoms with Crippen molar-refractivity contribution in [2.45, 2.75) is 47.4 Å². The second-order valence-electron chi connectivity index (χ2n) is 7.93. The number of aromatic hydroxyl groups is 3. The van der Waals surface area contributed by atoms with Crippen molar-refractivity contribution >= 4 is 5.91 Å². The van der Waals surface area contributed by atoms with Gasteiger partial charge in [-0.15, -0.1) is 0 Å². The zero-order valence-electron chi connectivity index (χ0n) is 16.9. The van der Waals surface area contributed by atoms with E-state index in [1.807, 2.05) is 0 Å². The quantitative estimate of drug-likeness (QED) is 0.0982. The van der Waals surface area contributed by atoms with Crippen LogP contribution in [-0.2, 0) is 4.79 Å². The van der Waals surface area contributed by atoms with E-state index in [2.05, 4.69) is 14.8 Å². The van der Waals surface area contributed by atoms with Gasteiger partial charge in [0.15, 0.2) is 11.5 Å². The first-order valence-corrected chi connectivity index (χ1v) is 9.19. The topological polar surface area (TPSA) is 351 Å². The number of nitrogens with one attached hydrogen (secondary N) is 1. The Balaban J connectivity index is 2.33. The van der Waals surface area contributed by atoms with Gasteiger partial charge in [0.1, 0.15) is 0 Å². The third kappa shape index (κ3) is 3.35. The largest absolute Gasteiger partial charge is 0.504 e. The van der Waals surface area contributed by atoms with Crippen LogP contribution in [-0.4, -0.2) is 124 Å². The van der Waals surface area contributed by atoms with Gasteiger partial charge in [-0.2, -0.15) is 0 Å². The summed E-state index contributed by atoms with van der Waals surface area (Å²) < 4.78 is 8.53. The van der Waals surface area contributed by atoms with Crippen molar-refractivity contribution in [2.75, 3.05) is 6.54 Å². The number of carbonyl (C=O) groups is 1.